The molecule has 2 aliphatic heterocycles. The molecule has 0 saturated heterocycles. The molecule has 0 radical (unpaired) electrons. The number of ether oxygens (including phenoxy) is 6. The summed E-state index contributed by atoms with van der Waals surface area (Å²) in [6.45, 7) is 0. The van der Waals surface area contributed by atoms with Crippen LogP contribution < -0.4 is 28.4 Å². The molecule has 0 amide bonds. The van der Waals surface area contributed by atoms with Gasteiger partial charge in [-0.2, -0.15) is 0 Å². The van der Waals surface area contributed by atoms with Gasteiger partial charge in [0.1, 0.15) is 17.2 Å². The van der Waals surface area contributed by atoms with Crippen molar-refractivity contribution >= 4 is 17.8 Å². The number of hydrogen-bond donors (Lipinski definition) is 0. The second kappa shape index (κ2) is 9.30. The number of rotatable bonds is 6. The SMILES string of the molecule is COc1ccc(/C=C2\Oc3c(ccc4c3[C@H](c3cc(OC)c(OC)c(OC)c3)CC(=O)O4)C2=O)cc1. The molecule has 5 rings (SSSR count). The van der Waals surface area contributed by atoms with Crippen LogP contribution in [0.5, 0.6) is 34.5 Å². The van der Waals surface area contributed by atoms with E-state index in [4.69, 9.17) is 28.4 Å². The Kier molecular flexibility index (Phi) is 6.01. The van der Waals surface area contributed by atoms with Crippen LogP contribution in [0.15, 0.2) is 54.3 Å². The van der Waals surface area contributed by atoms with E-state index >= 15 is 0 Å². The predicted octanol–water partition coefficient (Wildman–Crippen LogP) is 4.78. The maximum atomic E-state index is 13.2. The molecular formula is C28H24O8. The molecule has 36 heavy (non-hydrogen) atoms. The van der Waals surface area contributed by atoms with E-state index < -0.39 is 5.92 Å². The topological polar surface area (TPSA) is 89.5 Å². The number of methoxy groups -OCH3 is 4. The first-order chi connectivity index (χ1) is 17.5. The Hall–Kier alpha value is -4.46. The van der Waals surface area contributed by atoms with Crippen LogP contribution in [-0.2, 0) is 4.79 Å². The van der Waals surface area contributed by atoms with E-state index in [-0.39, 0.29) is 23.9 Å². The van der Waals surface area contributed by atoms with Gasteiger partial charge in [-0.1, -0.05) is 12.1 Å². The fourth-order valence-corrected chi connectivity index (χ4v) is 4.54. The van der Waals surface area contributed by atoms with E-state index in [2.05, 4.69) is 0 Å². The van der Waals surface area contributed by atoms with Gasteiger partial charge in [0.15, 0.2) is 17.3 Å². The molecule has 0 spiro atoms. The monoisotopic (exact) mass is 488 g/mol. The summed E-state index contributed by atoms with van der Waals surface area (Å²) >= 11 is 0. The van der Waals surface area contributed by atoms with Crippen LogP contribution in [0, 0.1) is 0 Å². The molecule has 0 bridgehead atoms. The summed E-state index contributed by atoms with van der Waals surface area (Å²) in [5.74, 6) is 1.88. The zero-order valence-electron chi connectivity index (χ0n) is 20.2. The van der Waals surface area contributed by atoms with E-state index in [1.165, 1.54) is 21.3 Å². The Morgan fingerprint density at radius 2 is 1.53 bits per heavy atom. The van der Waals surface area contributed by atoms with Crippen LogP contribution in [0.25, 0.3) is 6.08 Å². The first kappa shape index (κ1) is 23.3. The van der Waals surface area contributed by atoms with Crippen LogP contribution in [-0.4, -0.2) is 40.2 Å². The summed E-state index contributed by atoms with van der Waals surface area (Å²) in [7, 11) is 6.17. The lowest BCUT2D eigenvalue weighted by Gasteiger charge is -2.27. The van der Waals surface area contributed by atoms with Crippen molar-refractivity contribution in [2.24, 2.45) is 0 Å². The first-order valence-electron chi connectivity index (χ1n) is 11.2. The van der Waals surface area contributed by atoms with Crippen LogP contribution in [0.4, 0.5) is 0 Å². The predicted molar refractivity (Wildman–Crippen MR) is 131 cm³/mol. The molecule has 0 N–H and O–H groups in total. The second-order valence-electron chi connectivity index (χ2n) is 8.26. The molecular weight excluding hydrogens is 464 g/mol. The molecule has 3 aromatic carbocycles. The quantitative estimate of drug-likeness (QED) is 0.278. The van der Waals surface area contributed by atoms with Gasteiger partial charge in [0.05, 0.1) is 40.4 Å². The van der Waals surface area contributed by atoms with Crippen LogP contribution >= 0.6 is 0 Å². The van der Waals surface area contributed by atoms with Crippen molar-refractivity contribution < 1.29 is 38.0 Å². The van der Waals surface area contributed by atoms with Crippen molar-refractivity contribution in [3.63, 3.8) is 0 Å². The third kappa shape index (κ3) is 3.90. The number of carbonyl (C=O) groups is 2. The number of hydrogen-bond acceptors (Lipinski definition) is 8. The van der Waals surface area contributed by atoms with E-state index in [0.29, 0.717) is 45.6 Å². The number of allylic oxidation sites excluding steroid dienone is 1. The molecule has 2 aliphatic rings. The number of Topliss-reactive ketones (excluding diaryl/α,β-unsaturated/α-hetero) is 1. The summed E-state index contributed by atoms with van der Waals surface area (Å²) in [6.07, 6.45) is 1.73. The summed E-state index contributed by atoms with van der Waals surface area (Å²) in [6, 6.07) is 14.1. The Bertz CT molecular complexity index is 1360. The number of esters is 1. The minimum Gasteiger partial charge on any atom is -0.497 e. The minimum absolute atomic E-state index is 0.0527. The van der Waals surface area contributed by atoms with Crippen LogP contribution in [0.3, 0.4) is 0 Å². The maximum Gasteiger partial charge on any atom is 0.312 e. The Morgan fingerprint density at radius 1 is 0.833 bits per heavy atom. The summed E-state index contributed by atoms with van der Waals surface area (Å²) < 4.78 is 33.3. The molecule has 3 aromatic rings. The third-order valence-corrected chi connectivity index (χ3v) is 6.28. The molecule has 8 heteroatoms. The summed E-state index contributed by atoms with van der Waals surface area (Å²) in [5.41, 5.74) is 2.55. The van der Waals surface area contributed by atoms with Crippen LogP contribution in [0.2, 0.25) is 0 Å². The van der Waals surface area contributed by atoms with Gasteiger partial charge in [-0.25, -0.2) is 0 Å². The smallest absolute Gasteiger partial charge is 0.312 e. The van der Waals surface area contributed by atoms with Gasteiger partial charge in [0.2, 0.25) is 11.5 Å². The molecule has 0 aliphatic carbocycles. The zero-order chi connectivity index (χ0) is 25.4. The lowest BCUT2D eigenvalue weighted by molar-refractivity contribution is -0.135. The van der Waals surface area contributed by atoms with Gasteiger partial charge < -0.3 is 28.4 Å². The lowest BCUT2D eigenvalue weighted by Crippen LogP contribution is -2.21. The van der Waals surface area contributed by atoms with E-state index in [1.54, 1.807) is 49.6 Å². The maximum absolute atomic E-state index is 13.2. The Morgan fingerprint density at radius 3 is 2.14 bits per heavy atom. The fraction of sp³-hybridized carbons (Fsp3) is 0.214. The number of carbonyl (C=O) groups excluding carboxylic acids is 2. The van der Waals surface area contributed by atoms with Crippen molar-refractivity contribution in [3.8, 4) is 34.5 Å². The van der Waals surface area contributed by atoms with Gasteiger partial charge in [0, 0.05) is 11.5 Å². The second-order valence-corrected chi connectivity index (χ2v) is 8.26. The number of benzene rings is 3. The van der Waals surface area contributed by atoms with Gasteiger partial charge >= 0.3 is 5.97 Å². The Balaban J connectivity index is 1.61. The highest BCUT2D eigenvalue weighted by Gasteiger charge is 2.39. The Labute approximate surface area is 207 Å². The van der Waals surface area contributed by atoms with E-state index in [0.717, 1.165) is 11.1 Å². The number of ketones is 1. The standard InChI is InChI=1S/C28H24O8/c1-31-17-7-5-15(6-8-17)11-21-26(30)18-9-10-20-25(27(18)36-21)19(14-24(29)35-20)16-12-22(32-2)28(34-4)23(13-16)33-3/h5-13,19H,14H2,1-4H3/b21-11-/t19-/m0/s1. The molecule has 0 fully saturated rings. The first-order valence-corrected chi connectivity index (χ1v) is 11.2. The fourth-order valence-electron chi connectivity index (χ4n) is 4.54. The molecule has 8 nitrogen and oxygen atoms in total. The van der Waals surface area contributed by atoms with Gasteiger partial charge in [-0.05, 0) is 53.6 Å². The van der Waals surface area contributed by atoms with Gasteiger partial charge in [0.25, 0.3) is 0 Å². The highest BCUT2D eigenvalue weighted by Crippen LogP contribution is 2.51. The van der Waals surface area contributed by atoms with E-state index in [1.807, 2.05) is 12.1 Å². The number of fused-ring (bicyclic) bond motifs is 3. The average Bonchev–Trinajstić information content (AvgIpc) is 3.22. The van der Waals surface area contributed by atoms with Gasteiger partial charge in [-0.3, -0.25) is 9.59 Å². The van der Waals surface area contributed by atoms with Gasteiger partial charge in [-0.15, -0.1) is 0 Å². The molecule has 0 saturated carbocycles. The molecule has 2 heterocycles. The summed E-state index contributed by atoms with van der Waals surface area (Å²) in [5, 5.41) is 0. The normalized spacial score (nSPS) is 17.1. The van der Waals surface area contributed by atoms with E-state index in [9.17, 15) is 9.59 Å². The summed E-state index contributed by atoms with van der Waals surface area (Å²) in [4.78, 5) is 25.7. The third-order valence-electron chi connectivity index (χ3n) is 6.28. The van der Waals surface area contributed by atoms with Crippen molar-refractivity contribution in [1.29, 1.82) is 0 Å². The van der Waals surface area contributed by atoms with Crippen LogP contribution in [0.1, 0.15) is 39.4 Å². The largest absolute Gasteiger partial charge is 0.497 e. The van der Waals surface area contributed by atoms with Crippen molar-refractivity contribution in [1.82, 2.24) is 0 Å². The van der Waals surface area contributed by atoms with Crippen molar-refractivity contribution in [3.05, 3.63) is 76.5 Å². The average molecular weight is 488 g/mol. The molecule has 0 aromatic heterocycles. The molecule has 1 atom stereocenters. The minimum atomic E-state index is -0.460. The lowest BCUT2D eigenvalue weighted by atomic mass is 9.84. The molecule has 184 valence electrons. The van der Waals surface area contributed by atoms with Crippen molar-refractivity contribution in [2.45, 2.75) is 12.3 Å². The highest BCUT2D eigenvalue weighted by atomic mass is 16.5. The van der Waals surface area contributed by atoms with Crippen molar-refractivity contribution in [2.75, 3.05) is 28.4 Å². The zero-order valence-corrected chi connectivity index (χ0v) is 20.2. The highest BCUT2D eigenvalue weighted by molar-refractivity contribution is 6.15. The molecule has 0 unspecified atom stereocenters.